The average molecular weight is 205 g/mol. The van der Waals surface area contributed by atoms with E-state index in [1.165, 1.54) is 0 Å². The predicted octanol–water partition coefficient (Wildman–Crippen LogP) is 2.38. The van der Waals surface area contributed by atoms with Gasteiger partial charge in [0, 0.05) is 25.9 Å². The van der Waals surface area contributed by atoms with Crippen LogP contribution in [0.15, 0.2) is 25.3 Å². The maximum absolute atomic E-state index is 11.7. The summed E-state index contributed by atoms with van der Waals surface area (Å²) in [4.78, 5) is 13.4. The van der Waals surface area contributed by atoms with Gasteiger partial charge in [0.2, 0.25) is 5.91 Å². The molecule has 0 unspecified atom stereocenters. The molecule has 0 heterocycles. The van der Waals surface area contributed by atoms with Gasteiger partial charge in [-0.1, -0.05) is 12.2 Å². The Morgan fingerprint density at radius 3 is 2.40 bits per heavy atom. The summed E-state index contributed by atoms with van der Waals surface area (Å²) in [5.74, 6) is 5.91. The third-order valence-electron chi connectivity index (χ3n) is 1.92. The van der Waals surface area contributed by atoms with Crippen LogP contribution in [0.25, 0.3) is 0 Å². The average Bonchev–Trinajstić information content (AvgIpc) is 2.24. The second-order valence-corrected chi connectivity index (χ2v) is 3.16. The molecule has 0 aliphatic rings. The lowest BCUT2D eigenvalue weighted by atomic mass is 10.2. The summed E-state index contributed by atoms with van der Waals surface area (Å²) in [5.41, 5.74) is 0. The zero-order valence-corrected chi connectivity index (χ0v) is 9.46. The zero-order valence-electron chi connectivity index (χ0n) is 9.46. The van der Waals surface area contributed by atoms with Crippen LogP contribution in [0.4, 0.5) is 0 Å². The number of carbonyl (C=O) groups is 1. The standard InChI is InChI=1S/C13H19NO/c1-4-7-8-9-10-13(15)14(11-5-2)12-6-3/h5-6H,2-3,8-12H2,1H3. The van der Waals surface area contributed by atoms with Crippen molar-refractivity contribution in [3.05, 3.63) is 25.3 Å². The molecule has 0 rings (SSSR count). The Morgan fingerprint density at radius 2 is 1.93 bits per heavy atom. The molecule has 0 spiro atoms. The second kappa shape index (κ2) is 9.08. The van der Waals surface area contributed by atoms with E-state index in [4.69, 9.17) is 0 Å². The number of carbonyl (C=O) groups excluding carboxylic acids is 1. The lowest BCUT2D eigenvalue weighted by Crippen LogP contribution is -2.30. The predicted molar refractivity (Wildman–Crippen MR) is 64.3 cm³/mol. The molecule has 0 saturated carbocycles. The normalized spacial score (nSPS) is 8.60. The minimum Gasteiger partial charge on any atom is -0.335 e. The quantitative estimate of drug-likeness (QED) is 0.355. The van der Waals surface area contributed by atoms with Crippen molar-refractivity contribution in [1.82, 2.24) is 4.90 Å². The third-order valence-corrected chi connectivity index (χ3v) is 1.92. The van der Waals surface area contributed by atoms with Gasteiger partial charge in [-0.25, -0.2) is 0 Å². The minimum atomic E-state index is 0.146. The molecule has 0 aliphatic heterocycles. The van der Waals surface area contributed by atoms with E-state index in [9.17, 15) is 4.79 Å². The Labute approximate surface area is 92.7 Å². The zero-order chi connectivity index (χ0) is 11.5. The van der Waals surface area contributed by atoms with Gasteiger partial charge in [-0.3, -0.25) is 4.79 Å². The highest BCUT2D eigenvalue weighted by Gasteiger charge is 2.08. The molecule has 0 fully saturated rings. The van der Waals surface area contributed by atoms with Gasteiger partial charge in [0.15, 0.2) is 0 Å². The van der Waals surface area contributed by atoms with Crippen LogP contribution in [0, 0.1) is 11.8 Å². The molecule has 0 saturated heterocycles. The molecule has 0 atom stereocenters. The van der Waals surface area contributed by atoms with Crippen LogP contribution in [0.3, 0.4) is 0 Å². The third kappa shape index (κ3) is 6.56. The molecule has 1 amide bonds. The number of hydrogen-bond acceptors (Lipinski definition) is 1. The summed E-state index contributed by atoms with van der Waals surface area (Å²) in [6.45, 7) is 10.2. The van der Waals surface area contributed by atoms with Crippen molar-refractivity contribution in [3.63, 3.8) is 0 Å². The van der Waals surface area contributed by atoms with Gasteiger partial charge in [0.05, 0.1) is 0 Å². The first kappa shape index (κ1) is 13.5. The van der Waals surface area contributed by atoms with Crippen molar-refractivity contribution in [1.29, 1.82) is 0 Å². The first-order valence-corrected chi connectivity index (χ1v) is 5.15. The Balaban J connectivity index is 3.93. The molecule has 0 N–H and O–H groups in total. The van der Waals surface area contributed by atoms with Gasteiger partial charge >= 0.3 is 0 Å². The molecule has 0 aromatic heterocycles. The Hall–Kier alpha value is -1.49. The van der Waals surface area contributed by atoms with E-state index in [1.807, 2.05) is 6.92 Å². The van der Waals surface area contributed by atoms with E-state index in [0.29, 0.717) is 19.5 Å². The van der Waals surface area contributed by atoms with E-state index >= 15 is 0 Å². The molecule has 0 aliphatic carbocycles. The summed E-state index contributed by atoms with van der Waals surface area (Å²) in [6, 6.07) is 0. The van der Waals surface area contributed by atoms with Crippen molar-refractivity contribution >= 4 is 5.91 Å². The van der Waals surface area contributed by atoms with E-state index < -0.39 is 0 Å². The Bertz CT molecular complexity index is 260. The maximum atomic E-state index is 11.7. The fourth-order valence-electron chi connectivity index (χ4n) is 1.20. The van der Waals surface area contributed by atoms with Crippen molar-refractivity contribution < 1.29 is 4.79 Å². The van der Waals surface area contributed by atoms with Crippen LogP contribution >= 0.6 is 0 Å². The van der Waals surface area contributed by atoms with Crippen molar-refractivity contribution in [2.75, 3.05) is 13.1 Å². The van der Waals surface area contributed by atoms with Crippen LogP contribution in [-0.4, -0.2) is 23.9 Å². The van der Waals surface area contributed by atoms with Crippen LogP contribution in [0.2, 0.25) is 0 Å². The minimum absolute atomic E-state index is 0.146. The van der Waals surface area contributed by atoms with Crippen LogP contribution in [0.5, 0.6) is 0 Å². The van der Waals surface area contributed by atoms with Gasteiger partial charge in [0.25, 0.3) is 0 Å². The lowest BCUT2D eigenvalue weighted by Gasteiger charge is -2.18. The fourth-order valence-corrected chi connectivity index (χ4v) is 1.20. The Morgan fingerprint density at radius 1 is 1.33 bits per heavy atom. The number of amides is 1. The van der Waals surface area contributed by atoms with Gasteiger partial charge in [-0.05, 0) is 13.3 Å². The Kier molecular flexibility index (Phi) is 8.18. The highest BCUT2D eigenvalue weighted by Crippen LogP contribution is 2.01. The molecule has 0 radical (unpaired) electrons. The van der Waals surface area contributed by atoms with Crippen molar-refractivity contribution in [3.8, 4) is 11.8 Å². The molecular formula is C13H19NO. The molecule has 2 nitrogen and oxygen atoms in total. The van der Waals surface area contributed by atoms with E-state index in [2.05, 4.69) is 25.0 Å². The lowest BCUT2D eigenvalue weighted by molar-refractivity contribution is -0.130. The monoisotopic (exact) mass is 205 g/mol. The van der Waals surface area contributed by atoms with Gasteiger partial charge in [-0.2, -0.15) is 0 Å². The molecule has 0 aromatic carbocycles. The summed E-state index contributed by atoms with van der Waals surface area (Å²) >= 11 is 0. The summed E-state index contributed by atoms with van der Waals surface area (Å²) < 4.78 is 0. The first-order valence-electron chi connectivity index (χ1n) is 5.15. The summed E-state index contributed by atoms with van der Waals surface area (Å²) in [6.07, 6.45) is 5.62. The van der Waals surface area contributed by atoms with Gasteiger partial charge in [-0.15, -0.1) is 25.0 Å². The number of nitrogens with zero attached hydrogens (tertiary/aromatic N) is 1. The number of rotatable bonds is 7. The van der Waals surface area contributed by atoms with Crippen LogP contribution in [0.1, 0.15) is 26.2 Å². The summed E-state index contributed by atoms with van der Waals surface area (Å²) in [7, 11) is 0. The van der Waals surface area contributed by atoms with Crippen LogP contribution < -0.4 is 0 Å². The second-order valence-electron chi connectivity index (χ2n) is 3.16. The maximum Gasteiger partial charge on any atom is 0.223 e. The molecule has 0 aromatic rings. The highest BCUT2D eigenvalue weighted by atomic mass is 16.2. The molecule has 2 heteroatoms. The largest absolute Gasteiger partial charge is 0.335 e. The summed E-state index contributed by atoms with van der Waals surface area (Å²) in [5, 5.41) is 0. The first-order chi connectivity index (χ1) is 7.26. The topological polar surface area (TPSA) is 20.3 Å². The van der Waals surface area contributed by atoms with E-state index in [-0.39, 0.29) is 5.91 Å². The number of hydrogen-bond donors (Lipinski definition) is 0. The van der Waals surface area contributed by atoms with E-state index in [0.717, 1.165) is 12.8 Å². The molecular weight excluding hydrogens is 186 g/mol. The van der Waals surface area contributed by atoms with Crippen molar-refractivity contribution in [2.45, 2.75) is 26.2 Å². The smallest absolute Gasteiger partial charge is 0.223 e. The molecule has 15 heavy (non-hydrogen) atoms. The molecule has 0 bridgehead atoms. The highest BCUT2D eigenvalue weighted by molar-refractivity contribution is 5.76. The fraction of sp³-hybridized carbons (Fsp3) is 0.462. The van der Waals surface area contributed by atoms with Gasteiger partial charge in [0.1, 0.15) is 0 Å². The van der Waals surface area contributed by atoms with Crippen molar-refractivity contribution in [2.24, 2.45) is 0 Å². The SMILES string of the molecule is C=CCN(CC=C)C(=O)CCCC#CC. The number of unbranched alkanes of at least 4 members (excludes halogenated alkanes) is 1. The van der Waals surface area contributed by atoms with E-state index in [1.54, 1.807) is 17.1 Å². The van der Waals surface area contributed by atoms with Crippen LogP contribution in [-0.2, 0) is 4.79 Å². The molecule has 82 valence electrons. The van der Waals surface area contributed by atoms with Gasteiger partial charge < -0.3 is 4.90 Å².